The van der Waals surface area contributed by atoms with Crippen molar-refractivity contribution in [2.24, 2.45) is 0 Å². The van der Waals surface area contributed by atoms with Crippen LogP contribution in [0.15, 0.2) is 42.5 Å². The number of piperidine rings is 1. The lowest BCUT2D eigenvalue weighted by atomic mass is 10.0. The van der Waals surface area contributed by atoms with Crippen LogP contribution in [0, 0.1) is 11.8 Å². The molecule has 0 spiro atoms. The number of nitrogens with zero attached hydrogens (tertiary/aromatic N) is 2. The number of fused-ring (bicyclic) bond motifs is 1. The van der Waals surface area contributed by atoms with Crippen molar-refractivity contribution < 1.29 is 31.8 Å². The smallest absolute Gasteiger partial charge is 0.406 e. The molecule has 202 valence electrons. The van der Waals surface area contributed by atoms with Gasteiger partial charge in [-0.3, -0.25) is 4.79 Å². The van der Waals surface area contributed by atoms with Crippen LogP contribution in [-0.2, 0) is 11.3 Å². The fourth-order valence-corrected chi connectivity index (χ4v) is 4.50. The second-order valence-corrected chi connectivity index (χ2v) is 9.02. The van der Waals surface area contributed by atoms with Crippen molar-refractivity contribution in [1.29, 1.82) is 0 Å². The van der Waals surface area contributed by atoms with E-state index in [2.05, 4.69) is 22.5 Å². The van der Waals surface area contributed by atoms with Gasteiger partial charge in [0.15, 0.2) is 0 Å². The normalized spacial score (nSPS) is 17.9. The highest BCUT2D eigenvalue weighted by Crippen LogP contribution is 2.32. The minimum absolute atomic E-state index is 0.113. The Bertz CT molecular complexity index is 1350. The molecule has 2 atom stereocenters. The number of hydrogen-bond donors (Lipinski definition) is 2. The summed E-state index contributed by atoms with van der Waals surface area (Å²) in [6, 6.07) is 10.9. The molecule has 0 bridgehead atoms. The van der Waals surface area contributed by atoms with Crippen molar-refractivity contribution in [3.05, 3.63) is 48.2 Å². The lowest BCUT2D eigenvalue weighted by molar-refractivity contribution is -0.140. The molecule has 3 aromatic rings. The molecule has 2 aromatic carbocycles. The number of aromatic nitrogens is 1. The van der Waals surface area contributed by atoms with Gasteiger partial charge in [0.2, 0.25) is 0 Å². The Hall–Kier alpha value is -3.91. The van der Waals surface area contributed by atoms with Gasteiger partial charge in [-0.1, -0.05) is 12.0 Å². The van der Waals surface area contributed by atoms with Crippen molar-refractivity contribution in [3.63, 3.8) is 0 Å². The van der Waals surface area contributed by atoms with E-state index in [9.17, 15) is 22.4 Å². The third kappa shape index (κ3) is 6.50. The predicted molar refractivity (Wildman–Crippen MR) is 137 cm³/mol. The summed E-state index contributed by atoms with van der Waals surface area (Å²) in [5.74, 6) is 6.41. The number of anilines is 2. The minimum atomic E-state index is -4.46. The van der Waals surface area contributed by atoms with Crippen LogP contribution in [0.25, 0.3) is 10.9 Å². The van der Waals surface area contributed by atoms with E-state index < -0.39 is 24.9 Å². The molecule has 1 aliphatic rings. The second kappa shape index (κ2) is 11.6. The Morgan fingerprint density at radius 3 is 2.71 bits per heavy atom. The third-order valence-electron chi connectivity index (χ3n) is 6.31. The zero-order valence-electron chi connectivity index (χ0n) is 20.9. The number of benzene rings is 2. The van der Waals surface area contributed by atoms with E-state index in [0.717, 1.165) is 11.1 Å². The first kappa shape index (κ1) is 27.1. The average Bonchev–Trinajstić information content (AvgIpc) is 3.21. The average molecular weight is 533 g/mol. The van der Waals surface area contributed by atoms with Gasteiger partial charge in [-0.15, -0.1) is 0 Å². The molecule has 1 aromatic heterocycles. The first-order valence-corrected chi connectivity index (χ1v) is 12.0. The Balaban J connectivity index is 1.59. The third-order valence-corrected chi connectivity index (χ3v) is 6.31. The van der Waals surface area contributed by atoms with Crippen LogP contribution < -0.4 is 20.1 Å². The molecule has 4 rings (SSSR count). The SMILES string of the molecule is COc1cc(OC=O)ccc1NCC#Cc1cc2c(N[C@@H]3CCN(C)C[C@@H]3F)cccc2n1CC(F)(F)F. The number of nitrogens with one attached hydrogen (secondary N) is 2. The van der Waals surface area contributed by atoms with Gasteiger partial charge in [-0.25, -0.2) is 4.39 Å². The lowest BCUT2D eigenvalue weighted by Gasteiger charge is -2.33. The standard InChI is InChI=1S/C27H28F4N4O3/c1-34-12-10-23(21(28)15-34)33-22-6-3-7-25-20(22)13-18(35(25)16-27(29,30)31)5-4-11-32-24-9-8-19(38-17-36)14-26(24)37-2/h3,6-9,13-14,17,21,23,32-33H,10-12,15-16H2,1-2H3/t21-,23+/m0/s1. The Morgan fingerprint density at radius 1 is 1.18 bits per heavy atom. The van der Waals surface area contributed by atoms with Gasteiger partial charge in [0, 0.05) is 30.2 Å². The lowest BCUT2D eigenvalue weighted by Crippen LogP contribution is -2.46. The second-order valence-electron chi connectivity index (χ2n) is 9.02. The van der Waals surface area contributed by atoms with Gasteiger partial charge < -0.3 is 29.6 Å². The molecule has 0 aliphatic carbocycles. The van der Waals surface area contributed by atoms with Crippen molar-refractivity contribution in [2.75, 3.05) is 44.4 Å². The summed E-state index contributed by atoms with van der Waals surface area (Å²) in [5.41, 5.74) is 1.70. The van der Waals surface area contributed by atoms with E-state index in [0.29, 0.717) is 53.2 Å². The van der Waals surface area contributed by atoms with Crippen LogP contribution in [-0.4, -0.2) is 68.1 Å². The molecule has 0 saturated carbocycles. The number of methoxy groups -OCH3 is 1. The maximum absolute atomic E-state index is 14.6. The number of ether oxygens (including phenoxy) is 2. The topological polar surface area (TPSA) is 67.8 Å². The van der Waals surface area contributed by atoms with E-state index in [1.165, 1.54) is 13.2 Å². The summed E-state index contributed by atoms with van der Waals surface area (Å²) in [6.45, 7) is 0.234. The number of likely N-dealkylation sites (tertiary alicyclic amines) is 1. The highest BCUT2D eigenvalue weighted by Gasteiger charge is 2.31. The van der Waals surface area contributed by atoms with E-state index >= 15 is 0 Å². The zero-order chi connectivity index (χ0) is 27.3. The number of rotatable bonds is 8. The van der Waals surface area contributed by atoms with E-state index in [1.807, 2.05) is 11.9 Å². The summed E-state index contributed by atoms with van der Waals surface area (Å²) >= 11 is 0. The zero-order valence-corrected chi connectivity index (χ0v) is 20.9. The highest BCUT2D eigenvalue weighted by molar-refractivity contribution is 5.94. The monoisotopic (exact) mass is 532 g/mol. The number of halogens is 4. The molecular formula is C27H28F4N4O3. The summed E-state index contributed by atoms with van der Waals surface area (Å²) in [4.78, 5) is 12.4. The molecule has 0 unspecified atom stereocenters. The summed E-state index contributed by atoms with van der Waals surface area (Å²) in [5, 5.41) is 6.81. The molecule has 7 nitrogen and oxygen atoms in total. The predicted octanol–water partition coefficient (Wildman–Crippen LogP) is 4.67. The molecule has 1 fully saturated rings. The Morgan fingerprint density at radius 2 is 2.00 bits per heavy atom. The highest BCUT2D eigenvalue weighted by atomic mass is 19.4. The summed E-state index contributed by atoms with van der Waals surface area (Å²) in [7, 11) is 3.31. The van der Waals surface area contributed by atoms with Gasteiger partial charge >= 0.3 is 6.18 Å². The van der Waals surface area contributed by atoms with Crippen LogP contribution in [0.5, 0.6) is 11.5 Å². The van der Waals surface area contributed by atoms with Crippen LogP contribution in [0.2, 0.25) is 0 Å². The van der Waals surface area contributed by atoms with Gasteiger partial charge in [0.05, 0.1) is 36.6 Å². The van der Waals surface area contributed by atoms with E-state index in [4.69, 9.17) is 9.47 Å². The first-order valence-electron chi connectivity index (χ1n) is 12.0. The fraction of sp³-hybridized carbons (Fsp3) is 0.370. The molecule has 1 saturated heterocycles. The quantitative estimate of drug-likeness (QED) is 0.250. The fourth-order valence-electron chi connectivity index (χ4n) is 4.50. The summed E-state index contributed by atoms with van der Waals surface area (Å²) < 4.78 is 66.2. The van der Waals surface area contributed by atoms with Gasteiger partial charge in [0.1, 0.15) is 24.2 Å². The molecule has 38 heavy (non-hydrogen) atoms. The number of alkyl halides is 4. The largest absolute Gasteiger partial charge is 0.494 e. The molecular weight excluding hydrogens is 504 g/mol. The Labute approximate surface area is 217 Å². The molecule has 2 N–H and O–H groups in total. The van der Waals surface area contributed by atoms with Crippen LogP contribution in [0.3, 0.4) is 0 Å². The van der Waals surface area contributed by atoms with Crippen molar-refractivity contribution in [3.8, 4) is 23.3 Å². The van der Waals surface area contributed by atoms with Crippen LogP contribution >= 0.6 is 0 Å². The molecule has 1 aliphatic heterocycles. The van der Waals surface area contributed by atoms with E-state index in [1.54, 1.807) is 36.4 Å². The molecule has 0 radical (unpaired) electrons. The minimum Gasteiger partial charge on any atom is -0.494 e. The number of hydrogen-bond acceptors (Lipinski definition) is 6. The van der Waals surface area contributed by atoms with Gasteiger partial charge in [0.25, 0.3) is 6.47 Å². The molecule has 11 heteroatoms. The van der Waals surface area contributed by atoms with Crippen molar-refractivity contribution >= 4 is 28.7 Å². The van der Waals surface area contributed by atoms with Crippen molar-refractivity contribution in [2.45, 2.75) is 31.4 Å². The van der Waals surface area contributed by atoms with Gasteiger partial charge in [-0.2, -0.15) is 13.2 Å². The maximum atomic E-state index is 14.6. The number of carbonyl (C=O) groups excluding carboxylic acids is 1. The van der Waals surface area contributed by atoms with E-state index in [-0.39, 0.29) is 12.2 Å². The van der Waals surface area contributed by atoms with Gasteiger partial charge in [-0.05, 0) is 49.7 Å². The van der Waals surface area contributed by atoms with Crippen LogP contribution in [0.4, 0.5) is 28.9 Å². The first-order chi connectivity index (χ1) is 18.2. The molecule has 2 heterocycles. The molecule has 0 amide bonds. The van der Waals surface area contributed by atoms with Crippen molar-refractivity contribution in [1.82, 2.24) is 9.47 Å². The number of carbonyl (C=O) groups is 1. The maximum Gasteiger partial charge on any atom is 0.406 e. The summed E-state index contributed by atoms with van der Waals surface area (Å²) in [6.07, 6.45) is -4.97. The van der Waals surface area contributed by atoms with Crippen LogP contribution in [0.1, 0.15) is 12.1 Å². The Kier molecular flexibility index (Phi) is 8.32.